The number of carbonyl (C=O) groups is 1. The molecule has 15 heavy (non-hydrogen) atoms. The van der Waals surface area contributed by atoms with Gasteiger partial charge in [0.15, 0.2) is 0 Å². The fourth-order valence-electron chi connectivity index (χ4n) is 0.642. The highest BCUT2D eigenvalue weighted by molar-refractivity contribution is 7.85. The van der Waals surface area contributed by atoms with Crippen molar-refractivity contribution in [3.8, 4) is 0 Å². The molecule has 0 aliphatic carbocycles. The Morgan fingerprint density at radius 3 is 2.20 bits per heavy atom. The molecule has 0 bridgehead atoms. The van der Waals surface area contributed by atoms with Crippen LogP contribution < -0.4 is 5.73 Å². The van der Waals surface area contributed by atoms with Crippen LogP contribution in [0.3, 0.4) is 0 Å². The third kappa shape index (κ3) is 9.20. The number of benzene rings is 1. The maximum absolute atomic E-state index is 10.5. The molecule has 0 fully saturated rings. The molecule has 5 nitrogen and oxygen atoms in total. The summed E-state index contributed by atoms with van der Waals surface area (Å²) < 4.78 is 25.9. The molecule has 0 radical (unpaired) electrons. The fourth-order valence-corrected chi connectivity index (χ4v) is 0.832. The predicted octanol–water partition coefficient (Wildman–Crippen LogP) is 0.943. The first-order chi connectivity index (χ1) is 6.70. The van der Waals surface area contributed by atoms with Crippen molar-refractivity contribution in [2.45, 2.75) is 0 Å². The first-order valence-electron chi connectivity index (χ1n) is 3.68. The van der Waals surface area contributed by atoms with E-state index < -0.39 is 16.0 Å². The van der Waals surface area contributed by atoms with Crippen molar-refractivity contribution in [2.24, 2.45) is 5.73 Å². The SMILES string of the molecule is CS(=O)(=O)O.NC(=O)c1cccc(Cl)c1. The molecule has 1 amide bonds. The zero-order chi connectivity index (χ0) is 12.1. The van der Waals surface area contributed by atoms with Crippen LogP contribution in [-0.4, -0.2) is 25.1 Å². The van der Waals surface area contributed by atoms with Crippen molar-refractivity contribution >= 4 is 27.6 Å². The topological polar surface area (TPSA) is 97.5 Å². The number of halogens is 1. The highest BCUT2D eigenvalue weighted by Gasteiger charge is 1.97. The molecule has 1 rings (SSSR count). The summed E-state index contributed by atoms with van der Waals surface area (Å²) in [4.78, 5) is 10.5. The van der Waals surface area contributed by atoms with Gasteiger partial charge in [0.1, 0.15) is 0 Å². The smallest absolute Gasteiger partial charge is 0.261 e. The summed E-state index contributed by atoms with van der Waals surface area (Å²) in [5.41, 5.74) is 5.42. The number of hydrogen-bond donors (Lipinski definition) is 2. The molecule has 1 aromatic carbocycles. The van der Waals surface area contributed by atoms with E-state index in [1.54, 1.807) is 18.2 Å². The van der Waals surface area contributed by atoms with Crippen molar-refractivity contribution in [1.82, 2.24) is 0 Å². The van der Waals surface area contributed by atoms with Crippen molar-refractivity contribution in [2.75, 3.05) is 6.26 Å². The minimum atomic E-state index is -3.67. The van der Waals surface area contributed by atoms with Crippen LogP contribution in [0.25, 0.3) is 0 Å². The van der Waals surface area contributed by atoms with E-state index in [-0.39, 0.29) is 0 Å². The first kappa shape index (κ1) is 13.9. The molecule has 0 unspecified atom stereocenters. The quantitative estimate of drug-likeness (QED) is 0.726. The van der Waals surface area contributed by atoms with E-state index in [0.717, 1.165) is 0 Å². The maximum Gasteiger partial charge on any atom is 0.261 e. The Balaban J connectivity index is 0.000000336. The van der Waals surface area contributed by atoms with Crippen LogP contribution in [0.1, 0.15) is 10.4 Å². The van der Waals surface area contributed by atoms with Gasteiger partial charge in [0.2, 0.25) is 5.91 Å². The maximum atomic E-state index is 10.5. The van der Waals surface area contributed by atoms with Gasteiger partial charge in [-0.1, -0.05) is 17.7 Å². The molecule has 3 N–H and O–H groups in total. The second-order valence-electron chi connectivity index (χ2n) is 2.61. The van der Waals surface area contributed by atoms with E-state index in [1.165, 1.54) is 6.07 Å². The van der Waals surface area contributed by atoms with E-state index in [0.29, 0.717) is 16.8 Å². The summed E-state index contributed by atoms with van der Waals surface area (Å²) in [6.07, 6.45) is 0.715. The standard InChI is InChI=1S/C7H6ClNO.CH4O3S/c8-6-3-1-2-5(4-6)7(9)10;1-5(2,3)4/h1-4H,(H2,9,10);1H3,(H,2,3,4). The number of hydrogen-bond acceptors (Lipinski definition) is 3. The highest BCUT2D eigenvalue weighted by Crippen LogP contribution is 2.09. The van der Waals surface area contributed by atoms with Crippen LogP contribution in [0.15, 0.2) is 24.3 Å². The van der Waals surface area contributed by atoms with Crippen molar-refractivity contribution in [3.63, 3.8) is 0 Å². The van der Waals surface area contributed by atoms with E-state index >= 15 is 0 Å². The number of amides is 1. The predicted molar refractivity (Wildman–Crippen MR) is 57.4 cm³/mol. The average Bonchev–Trinajstić information content (AvgIpc) is 2.00. The Labute approximate surface area is 92.6 Å². The van der Waals surface area contributed by atoms with Gasteiger partial charge in [-0.15, -0.1) is 0 Å². The lowest BCUT2D eigenvalue weighted by Gasteiger charge is -1.93. The molecule has 0 spiro atoms. The third-order valence-electron chi connectivity index (χ3n) is 1.11. The lowest BCUT2D eigenvalue weighted by atomic mass is 10.2. The van der Waals surface area contributed by atoms with Gasteiger partial charge in [0, 0.05) is 10.6 Å². The minimum absolute atomic E-state index is 0.438. The highest BCUT2D eigenvalue weighted by atomic mass is 35.5. The Morgan fingerprint density at radius 1 is 1.47 bits per heavy atom. The molecule has 84 valence electrons. The monoisotopic (exact) mass is 251 g/mol. The summed E-state index contributed by atoms with van der Waals surface area (Å²) in [7, 11) is -3.67. The van der Waals surface area contributed by atoms with E-state index in [2.05, 4.69) is 0 Å². The van der Waals surface area contributed by atoms with Crippen LogP contribution in [-0.2, 0) is 10.1 Å². The van der Waals surface area contributed by atoms with Gasteiger partial charge in [-0.25, -0.2) is 0 Å². The number of primary amides is 1. The summed E-state index contributed by atoms with van der Waals surface area (Å²) in [6, 6.07) is 6.52. The van der Waals surface area contributed by atoms with Gasteiger partial charge in [-0.3, -0.25) is 9.35 Å². The van der Waals surface area contributed by atoms with Crippen molar-refractivity contribution in [3.05, 3.63) is 34.9 Å². The van der Waals surface area contributed by atoms with Crippen LogP contribution in [0.4, 0.5) is 0 Å². The largest absolute Gasteiger partial charge is 0.366 e. The molecule has 0 saturated carbocycles. The van der Waals surface area contributed by atoms with Gasteiger partial charge in [0.05, 0.1) is 6.26 Å². The van der Waals surface area contributed by atoms with Crippen LogP contribution in [0.2, 0.25) is 5.02 Å². The third-order valence-corrected chi connectivity index (χ3v) is 1.34. The fraction of sp³-hybridized carbons (Fsp3) is 0.125. The van der Waals surface area contributed by atoms with Gasteiger partial charge in [0.25, 0.3) is 10.1 Å². The summed E-state index contributed by atoms with van der Waals surface area (Å²) in [5.74, 6) is -0.456. The van der Waals surface area contributed by atoms with E-state index in [9.17, 15) is 13.2 Å². The molecular weight excluding hydrogens is 242 g/mol. The van der Waals surface area contributed by atoms with Gasteiger partial charge in [-0.05, 0) is 18.2 Å². The lowest BCUT2D eigenvalue weighted by molar-refractivity contribution is 0.100. The second-order valence-corrected chi connectivity index (χ2v) is 4.51. The van der Waals surface area contributed by atoms with Gasteiger partial charge in [-0.2, -0.15) is 8.42 Å². The molecule has 0 atom stereocenters. The van der Waals surface area contributed by atoms with Crippen LogP contribution >= 0.6 is 11.6 Å². The molecule has 0 aliphatic heterocycles. The summed E-state index contributed by atoms with van der Waals surface area (Å²) in [5, 5.41) is 0.524. The number of rotatable bonds is 1. The average molecular weight is 252 g/mol. The molecule has 0 heterocycles. The minimum Gasteiger partial charge on any atom is -0.366 e. The molecule has 0 saturated heterocycles. The lowest BCUT2D eigenvalue weighted by Crippen LogP contribution is -2.10. The van der Waals surface area contributed by atoms with E-state index in [1.807, 2.05) is 0 Å². The molecular formula is C8H10ClNO4S. The zero-order valence-corrected chi connectivity index (χ0v) is 9.42. The van der Waals surface area contributed by atoms with E-state index in [4.69, 9.17) is 21.9 Å². The van der Waals surface area contributed by atoms with Crippen LogP contribution in [0, 0.1) is 0 Å². The molecule has 0 aliphatic rings. The Kier molecular flexibility index (Phi) is 5.27. The summed E-state index contributed by atoms with van der Waals surface area (Å²) >= 11 is 5.58. The normalized spacial score (nSPS) is 10.1. The zero-order valence-electron chi connectivity index (χ0n) is 7.84. The Morgan fingerprint density at radius 2 is 1.93 bits per heavy atom. The number of nitrogens with two attached hydrogens (primary N) is 1. The summed E-state index contributed by atoms with van der Waals surface area (Å²) in [6.45, 7) is 0. The van der Waals surface area contributed by atoms with Crippen LogP contribution in [0.5, 0.6) is 0 Å². The molecule has 0 aromatic heterocycles. The second kappa shape index (κ2) is 5.69. The number of carbonyl (C=O) groups excluding carboxylic acids is 1. The van der Waals surface area contributed by atoms with Crippen molar-refractivity contribution < 1.29 is 17.8 Å². The Hall–Kier alpha value is -1.11. The van der Waals surface area contributed by atoms with Gasteiger partial charge < -0.3 is 5.73 Å². The molecule has 1 aromatic rings. The Bertz CT molecular complexity index is 436. The first-order valence-corrected chi connectivity index (χ1v) is 5.90. The van der Waals surface area contributed by atoms with Crippen molar-refractivity contribution in [1.29, 1.82) is 0 Å². The molecule has 7 heteroatoms. The van der Waals surface area contributed by atoms with Gasteiger partial charge >= 0.3 is 0 Å².